The van der Waals surface area contributed by atoms with Gasteiger partial charge in [-0.25, -0.2) is 0 Å². The number of hydrogen-bond donors (Lipinski definition) is 0. The van der Waals surface area contributed by atoms with Crippen molar-refractivity contribution in [1.29, 1.82) is 0 Å². The van der Waals surface area contributed by atoms with Crippen LogP contribution in [0.25, 0.3) is 0 Å². The van der Waals surface area contributed by atoms with E-state index in [-0.39, 0.29) is 0 Å². The van der Waals surface area contributed by atoms with E-state index in [4.69, 9.17) is 0 Å². The van der Waals surface area contributed by atoms with Crippen LogP contribution in [0, 0.1) is 0 Å². The van der Waals surface area contributed by atoms with Crippen LogP contribution in [0.2, 0.25) is 0 Å². The molecule has 1 aliphatic rings. The molecule has 0 amide bonds. The molecule has 0 saturated carbocycles. The maximum absolute atomic E-state index is 4.05. The molecule has 1 nitrogen and oxygen atoms in total. The molecule has 0 aromatic heterocycles. The van der Waals surface area contributed by atoms with Gasteiger partial charge in [0.2, 0.25) is 0 Å². The van der Waals surface area contributed by atoms with E-state index in [0.29, 0.717) is 12.1 Å². The fourth-order valence-electron chi connectivity index (χ4n) is 2.54. The van der Waals surface area contributed by atoms with E-state index >= 15 is 0 Å². The van der Waals surface area contributed by atoms with Crippen molar-refractivity contribution in [2.75, 3.05) is 14.1 Å². The third kappa shape index (κ3) is 3.08. The summed E-state index contributed by atoms with van der Waals surface area (Å²) in [4.78, 5) is 0. The van der Waals surface area contributed by atoms with Gasteiger partial charge in [-0.05, 0) is 19.9 Å². The Hall–Kier alpha value is -0.820. The Balaban J connectivity index is 2.81. The number of hydrogen-bond acceptors (Lipinski definition) is 0. The highest BCUT2D eigenvalue weighted by Crippen LogP contribution is 2.29. The maximum atomic E-state index is 4.05. The fraction of sp³-hybridized carbons (Fsp3) is 0.600. The lowest BCUT2D eigenvalue weighted by Gasteiger charge is -2.45. The van der Waals surface area contributed by atoms with Crippen LogP contribution in [0.3, 0.4) is 0 Å². The van der Waals surface area contributed by atoms with Gasteiger partial charge >= 0.3 is 0 Å². The van der Waals surface area contributed by atoms with Gasteiger partial charge in [-0.1, -0.05) is 30.4 Å². The molecule has 1 aliphatic heterocycles. The SMILES string of the molecule is C=C(C)CC1C=CCC(CC(=C)C)[N+]1(C)C. The van der Waals surface area contributed by atoms with Crippen LogP contribution in [0.15, 0.2) is 36.5 Å². The molecule has 16 heavy (non-hydrogen) atoms. The summed E-state index contributed by atoms with van der Waals surface area (Å²) in [7, 11) is 4.68. The second-order valence-electron chi connectivity index (χ2n) is 5.84. The van der Waals surface area contributed by atoms with Gasteiger partial charge in [0.15, 0.2) is 0 Å². The van der Waals surface area contributed by atoms with E-state index in [2.05, 4.69) is 53.3 Å². The molecule has 0 N–H and O–H groups in total. The molecule has 2 atom stereocenters. The first-order valence-electron chi connectivity index (χ1n) is 6.12. The highest BCUT2D eigenvalue weighted by molar-refractivity contribution is 5.05. The molecular formula is C15H26N+. The Labute approximate surface area is 101 Å². The summed E-state index contributed by atoms with van der Waals surface area (Å²) in [5.41, 5.74) is 2.57. The molecule has 0 fully saturated rings. The lowest BCUT2D eigenvalue weighted by Crippen LogP contribution is -2.56. The minimum absolute atomic E-state index is 0.579. The molecular weight excluding hydrogens is 194 g/mol. The second kappa shape index (κ2) is 5.01. The standard InChI is InChI=1S/C15H26N/c1-12(2)10-14-8-7-9-15(11-13(3)4)16(14,5)6/h7-8,14-15H,1,3,9-11H2,2,4-6H3/q+1. The maximum Gasteiger partial charge on any atom is 0.111 e. The molecule has 0 aliphatic carbocycles. The van der Waals surface area contributed by atoms with E-state index in [1.807, 2.05) is 0 Å². The molecule has 0 radical (unpaired) electrons. The molecule has 0 saturated heterocycles. The van der Waals surface area contributed by atoms with Gasteiger partial charge in [-0.3, -0.25) is 0 Å². The monoisotopic (exact) mass is 220 g/mol. The minimum Gasteiger partial charge on any atom is -0.320 e. The molecule has 0 spiro atoms. The number of nitrogens with zero attached hydrogens (tertiary/aromatic N) is 1. The van der Waals surface area contributed by atoms with Gasteiger partial charge in [-0.15, -0.1) is 0 Å². The van der Waals surface area contributed by atoms with Crippen LogP contribution < -0.4 is 0 Å². The van der Waals surface area contributed by atoms with Gasteiger partial charge in [0.05, 0.1) is 20.1 Å². The zero-order valence-corrected chi connectivity index (χ0v) is 11.3. The van der Waals surface area contributed by atoms with Crippen LogP contribution in [-0.4, -0.2) is 30.7 Å². The topological polar surface area (TPSA) is 0 Å². The molecule has 1 rings (SSSR count). The Morgan fingerprint density at radius 1 is 1.19 bits per heavy atom. The highest BCUT2D eigenvalue weighted by Gasteiger charge is 2.36. The van der Waals surface area contributed by atoms with Crippen LogP contribution in [0.5, 0.6) is 0 Å². The smallest absolute Gasteiger partial charge is 0.111 e. The van der Waals surface area contributed by atoms with E-state index in [1.54, 1.807) is 0 Å². The highest BCUT2D eigenvalue weighted by atomic mass is 15.4. The van der Waals surface area contributed by atoms with Crippen molar-refractivity contribution in [3.63, 3.8) is 0 Å². The second-order valence-corrected chi connectivity index (χ2v) is 5.84. The normalized spacial score (nSPS) is 27.8. The quantitative estimate of drug-likeness (QED) is 0.501. The average molecular weight is 220 g/mol. The summed E-state index contributed by atoms with van der Waals surface area (Å²) < 4.78 is 1.07. The molecule has 90 valence electrons. The Kier molecular flexibility index (Phi) is 4.15. The lowest BCUT2D eigenvalue weighted by atomic mass is 9.92. The first kappa shape index (κ1) is 13.2. The molecule has 1 heterocycles. The summed E-state index contributed by atoms with van der Waals surface area (Å²) in [5, 5.41) is 0. The number of likely N-dealkylation sites (N-methyl/N-ethyl adjacent to an activating group) is 1. The number of quaternary nitrogens is 1. The Morgan fingerprint density at radius 3 is 2.25 bits per heavy atom. The Morgan fingerprint density at radius 2 is 1.75 bits per heavy atom. The van der Waals surface area contributed by atoms with Crippen molar-refractivity contribution in [2.45, 2.75) is 45.2 Å². The Bertz CT molecular complexity index is 309. The summed E-state index contributed by atoms with van der Waals surface area (Å²) in [6, 6.07) is 1.25. The predicted molar refractivity (Wildman–Crippen MR) is 72.3 cm³/mol. The largest absolute Gasteiger partial charge is 0.320 e. The summed E-state index contributed by atoms with van der Waals surface area (Å²) >= 11 is 0. The summed E-state index contributed by atoms with van der Waals surface area (Å²) in [6.45, 7) is 12.3. The van der Waals surface area contributed by atoms with Gasteiger partial charge in [0.25, 0.3) is 0 Å². The first-order chi connectivity index (χ1) is 7.34. The van der Waals surface area contributed by atoms with Crippen LogP contribution in [0.1, 0.15) is 33.1 Å². The third-order valence-corrected chi connectivity index (χ3v) is 3.70. The van der Waals surface area contributed by atoms with Gasteiger partial charge in [-0.2, -0.15) is 0 Å². The first-order valence-corrected chi connectivity index (χ1v) is 6.12. The molecule has 1 heteroatoms. The molecule has 2 unspecified atom stereocenters. The summed E-state index contributed by atoms with van der Waals surface area (Å²) in [5.74, 6) is 0. The fourth-order valence-corrected chi connectivity index (χ4v) is 2.54. The van der Waals surface area contributed by atoms with Crippen molar-refractivity contribution in [1.82, 2.24) is 0 Å². The molecule has 0 aromatic carbocycles. The summed E-state index contributed by atoms with van der Waals surface area (Å²) in [6.07, 6.45) is 8.10. The van der Waals surface area contributed by atoms with Gasteiger partial charge in [0, 0.05) is 19.3 Å². The van der Waals surface area contributed by atoms with Crippen LogP contribution >= 0.6 is 0 Å². The van der Waals surface area contributed by atoms with Crippen molar-refractivity contribution in [3.05, 3.63) is 36.5 Å². The third-order valence-electron chi connectivity index (χ3n) is 3.70. The van der Waals surface area contributed by atoms with Gasteiger partial charge in [0.1, 0.15) is 6.04 Å². The van der Waals surface area contributed by atoms with Crippen LogP contribution in [-0.2, 0) is 0 Å². The van der Waals surface area contributed by atoms with E-state index < -0.39 is 0 Å². The molecule has 0 aromatic rings. The average Bonchev–Trinajstić information content (AvgIpc) is 2.11. The minimum atomic E-state index is 0.579. The zero-order chi connectivity index (χ0) is 12.3. The van der Waals surface area contributed by atoms with Crippen molar-refractivity contribution >= 4 is 0 Å². The van der Waals surface area contributed by atoms with Gasteiger partial charge < -0.3 is 4.48 Å². The van der Waals surface area contributed by atoms with E-state index in [9.17, 15) is 0 Å². The lowest BCUT2D eigenvalue weighted by molar-refractivity contribution is -0.933. The zero-order valence-electron chi connectivity index (χ0n) is 11.3. The molecule has 0 bridgehead atoms. The number of rotatable bonds is 4. The van der Waals surface area contributed by atoms with Crippen molar-refractivity contribution in [2.24, 2.45) is 0 Å². The van der Waals surface area contributed by atoms with Crippen molar-refractivity contribution < 1.29 is 4.48 Å². The van der Waals surface area contributed by atoms with E-state index in [1.165, 1.54) is 17.6 Å². The van der Waals surface area contributed by atoms with Crippen LogP contribution in [0.4, 0.5) is 0 Å². The predicted octanol–water partition coefficient (Wildman–Crippen LogP) is 3.69. The van der Waals surface area contributed by atoms with E-state index in [0.717, 1.165) is 17.3 Å². The van der Waals surface area contributed by atoms with Crippen molar-refractivity contribution in [3.8, 4) is 0 Å².